The van der Waals surface area contributed by atoms with Crippen molar-refractivity contribution in [3.8, 4) is 0 Å². The molecule has 0 aromatic heterocycles. The third-order valence-corrected chi connectivity index (χ3v) is 3.05. The highest BCUT2D eigenvalue weighted by Crippen LogP contribution is 2.25. The molecule has 0 bridgehead atoms. The van der Waals surface area contributed by atoms with Crippen molar-refractivity contribution in [2.24, 2.45) is 0 Å². The van der Waals surface area contributed by atoms with Crippen molar-refractivity contribution in [2.45, 2.75) is 20.8 Å². The number of aldehydes is 1. The van der Waals surface area contributed by atoms with Crippen LogP contribution in [0.3, 0.4) is 0 Å². The van der Waals surface area contributed by atoms with Crippen molar-refractivity contribution in [2.75, 3.05) is 0 Å². The van der Waals surface area contributed by atoms with Crippen LogP contribution in [0.5, 0.6) is 0 Å². The number of rotatable bonds is 1. The standard InChI is InChI=1S/C14H14O/c1-9-4-5-12-7-13(8-15)10(2)11(3)14(12)6-9/h4-8H,1-3H3. The molecule has 0 aliphatic heterocycles. The van der Waals surface area contributed by atoms with Crippen LogP contribution in [0, 0.1) is 20.8 Å². The Labute approximate surface area is 89.7 Å². The second kappa shape index (κ2) is 3.50. The Morgan fingerprint density at radius 1 is 1.00 bits per heavy atom. The molecule has 0 saturated heterocycles. The first-order valence-electron chi connectivity index (χ1n) is 5.09. The lowest BCUT2D eigenvalue weighted by Crippen LogP contribution is -1.92. The summed E-state index contributed by atoms with van der Waals surface area (Å²) < 4.78 is 0. The topological polar surface area (TPSA) is 17.1 Å². The Bertz CT molecular complexity index is 539. The maximum atomic E-state index is 10.9. The molecule has 2 rings (SSSR count). The monoisotopic (exact) mass is 198 g/mol. The molecule has 15 heavy (non-hydrogen) atoms. The van der Waals surface area contributed by atoms with E-state index in [2.05, 4.69) is 32.0 Å². The van der Waals surface area contributed by atoms with Crippen molar-refractivity contribution < 1.29 is 4.79 Å². The Morgan fingerprint density at radius 3 is 2.40 bits per heavy atom. The number of benzene rings is 2. The first-order valence-corrected chi connectivity index (χ1v) is 5.09. The van der Waals surface area contributed by atoms with E-state index in [1.807, 2.05) is 13.0 Å². The zero-order chi connectivity index (χ0) is 11.0. The van der Waals surface area contributed by atoms with Gasteiger partial charge in [0, 0.05) is 5.56 Å². The summed E-state index contributed by atoms with van der Waals surface area (Å²) in [4.78, 5) is 10.9. The highest BCUT2D eigenvalue weighted by atomic mass is 16.1. The van der Waals surface area contributed by atoms with E-state index in [9.17, 15) is 4.79 Å². The van der Waals surface area contributed by atoms with E-state index in [1.165, 1.54) is 16.5 Å². The first-order chi connectivity index (χ1) is 7.13. The lowest BCUT2D eigenvalue weighted by atomic mass is 9.95. The SMILES string of the molecule is Cc1ccc2cc(C=O)c(C)c(C)c2c1. The normalized spacial score (nSPS) is 10.6. The molecule has 0 atom stereocenters. The van der Waals surface area contributed by atoms with E-state index in [-0.39, 0.29) is 0 Å². The molecule has 0 aliphatic rings. The molecule has 1 heteroatoms. The Kier molecular flexibility index (Phi) is 2.31. The zero-order valence-corrected chi connectivity index (χ0v) is 9.29. The van der Waals surface area contributed by atoms with Crippen LogP contribution in [-0.2, 0) is 0 Å². The van der Waals surface area contributed by atoms with E-state index < -0.39 is 0 Å². The summed E-state index contributed by atoms with van der Waals surface area (Å²) >= 11 is 0. The van der Waals surface area contributed by atoms with Crippen LogP contribution in [0.1, 0.15) is 27.0 Å². The summed E-state index contributed by atoms with van der Waals surface area (Å²) in [6, 6.07) is 8.28. The van der Waals surface area contributed by atoms with Gasteiger partial charge in [0.15, 0.2) is 0 Å². The molecular weight excluding hydrogens is 184 g/mol. The Morgan fingerprint density at radius 2 is 1.73 bits per heavy atom. The van der Waals surface area contributed by atoms with Gasteiger partial charge >= 0.3 is 0 Å². The molecule has 0 fully saturated rings. The highest BCUT2D eigenvalue weighted by molar-refractivity contribution is 5.93. The van der Waals surface area contributed by atoms with Crippen molar-refractivity contribution in [1.82, 2.24) is 0 Å². The van der Waals surface area contributed by atoms with Gasteiger partial charge in [-0.1, -0.05) is 23.8 Å². The van der Waals surface area contributed by atoms with Crippen LogP contribution < -0.4 is 0 Å². The second-order valence-corrected chi connectivity index (χ2v) is 4.06. The van der Waals surface area contributed by atoms with Crippen molar-refractivity contribution in [3.05, 3.63) is 46.5 Å². The lowest BCUT2D eigenvalue weighted by Gasteiger charge is -2.09. The van der Waals surface area contributed by atoms with Crippen LogP contribution >= 0.6 is 0 Å². The van der Waals surface area contributed by atoms with E-state index >= 15 is 0 Å². The smallest absolute Gasteiger partial charge is 0.150 e. The predicted octanol–water partition coefficient (Wildman–Crippen LogP) is 3.58. The van der Waals surface area contributed by atoms with Crippen molar-refractivity contribution in [3.63, 3.8) is 0 Å². The minimum atomic E-state index is 0.795. The Hall–Kier alpha value is -1.63. The molecule has 0 heterocycles. The molecule has 0 spiro atoms. The van der Waals surface area contributed by atoms with Crippen LogP contribution in [0.2, 0.25) is 0 Å². The van der Waals surface area contributed by atoms with Gasteiger partial charge in [-0.2, -0.15) is 0 Å². The number of hydrogen-bond acceptors (Lipinski definition) is 1. The van der Waals surface area contributed by atoms with Gasteiger partial charge in [0.1, 0.15) is 6.29 Å². The molecular formula is C14H14O. The van der Waals surface area contributed by atoms with Gasteiger partial charge in [-0.15, -0.1) is 0 Å². The molecule has 2 aromatic carbocycles. The van der Waals surface area contributed by atoms with Gasteiger partial charge in [0.25, 0.3) is 0 Å². The number of hydrogen-bond donors (Lipinski definition) is 0. The molecule has 76 valence electrons. The maximum Gasteiger partial charge on any atom is 0.150 e. The fourth-order valence-corrected chi connectivity index (χ4v) is 1.94. The van der Waals surface area contributed by atoms with Gasteiger partial charge in [-0.25, -0.2) is 0 Å². The number of carbonyl (C=O) groups is 1. The zero-order valence-electron chi connectivity index (χ0n) is 9.29. The number of fused-ring (bicyclic) bond motifs is 1. The molecule has 2 aromatic rings. The second-order valence-electron chi connectivity index (χ2n) is 4.06. The van der Waals surface area contributed by atoms with Gasteiger partial charge in [-0.05, 0) is 48.7 Å². The van der Waals surface area contributed by atoms with E-state index in [0.29, 0.717) is 0 Å². The molecule has 0 unspecified atom stereocenters. The molecule has 0 radical (unpaired) electrons. The summed E-state index contributed by atoms with van der Waals surface area (Å²) in [5.74, 6) is 0. The first kappa shape index (κ1) is 9.91. The molecule has 0 amide bonds. The average Bonchev–Trinajstić information content (AvgIpc) is 2.24. The van der Waals surface area contributed by atoms with Crippen molar-refractivity contribution >= 4 is 17.1 Å². The van der Waals surface area contributed by atoms with Gasteiger partial charge < -0.3 is 0 Å². The third kappa shape index (κ3) is 1.54. The van der Waals surface area contributed by atoms with Crippen molar-refractivity contribution in [1.29, 1.82) is 0 Å². The summed E-state index contributed by atoms with van der Waals surface area (Å²) in [7, 11) is 0. The van der Waals surface area contributed by atoms with Crippen LogP contribution in [-0.4, -0.2) is 6.29 Å². The molecule has 0 aliphatic carbocycles. The minimum Gasteiger partial charge on any atom is -0.298 e. The summed E-state index contributed by atoms with van der Waals surface area (Å²) in [5.41, 5.74) is 4.34. The number of carbonyl (C=O) groups excluding carboxylic acids is 1. The molecule has 0 N–H and O–H groups in total. The molecule has 0 saturated carbocycles. The lowest BCUT2D eigenvalue weighted by molar-refractivity contribution is 0.112. The maximum absolute atomic E-state index is 10.9. The van der Waals surface area contributed by atoms with E-state index in [1.54, 1.807) is 0 Å². The van der Waals surface area contributed by atoms with E-state index in [4.69, 9.17) is 0 Å². The Balaban J connectivity index is 2.90. The summed E-state index contributed by atoms with van der Waals surface area (Å²) in [6.07, 6.45) is 0.932. The highest BCUT2D eigenvalue weighted by Gasteiger charge is 2.05. The van der Waals surface area contributed by atoms with Gasteiger partial charge in [0.2, 0.25) is 0 Å². The fraction of sp³-hybridized carbons (Fsp3) is 0.214. The van der Waals surface area contributed by atoms with Crippen LogP contribution in [0.4, 0.5) is 0 Å². The fourth-order valence-electron chi connectivity index (χ4n) is 1.94. The molecule has 1 nitrogen and oxygen atoms in total. The van der Waals surface area contributed by atoms with E-state index in [0.717, 1.165) is 22.8 Å². The average molecular weight is 198 g/mol. The van der Waals surface area contributed by atoms with Gasteiger partial charge in [-0.3, -0.25) is 4.79 Å². The van der Waals surface area contributed by atoms with Gasteiger partial charge in [0.05, 0.1) is 0 Å². The van der Waals surface area contributed by atoms with Crippen LogP contribution in [0.15, 0.2) is 24.3 Å². The summed E-state index contributed by atoms with van der Waals surface area (Å²) in [5, 5.41) is 2.39. The largest absolute Gasteiger partial charge is 0.298 e. The minimum absolute atomic E-state index is 0.795. The number of aryl methyl sites for hydroxylation is 2. The van der Waals surface area contributed by atoms with Crippen LogP contribution in [0.25, 0.3) is 10.8 Å². The predicted molar refractivity (Wildman–Crippen MR) is 63.5 cm³/mol. The quantitative estimate of drug-likeness (QED) is 0.640. The summed E-state index contributed by atoms with van der Waals surface area (Å²) in [6.45, 7) is 6.16. The third-order valence-electron chi connectivity index (χ3n) is 3.05.